The van der Waals surface area contributed by atoms with Crippen molar-refractivity contribution in [2.24, 2.45) is 0 Å². The summed E-state index contributed by atoms with van der Waals surface area (Å²) < 4.78 is 44.0. The van der Waals surface area contributed by atoms with Crippen molar-refractivity contribution in [2.75, 3.05) is 31.6 Å². The number of aromatic nitrogens is 1. The Hall–Kier alpha value is -2.55. The second kappa shape index (κ2) is 8.86. The van der Waals surface area contributed by atoms with Gasteiger partial charge in [0, 0.05) is 43.8 Å². The number of aliphatic hydroxyl groups excluding tert-OH is 1. The summed E-state index contributed by atoms with van der Waals surface area (Å²) in [6.45, 7) is 3.06. The molecule has 1 fully saturated rings. The van der Waals surface area contributed by atoms with Gasteiger partial charge >= 0.3 is 6.18 Å². The van der Waals surface area contributed by atoms with Gasteiger partial charge in [-0.25, -0.2) is 0 Å². The van der Waals surface area contributed by atoms with Crippen molar-refractivity contribution in [1.29, 1.82) is 0 Å². The summed E-state index contributed by atoms with van der Waals surface area (Å²) >= 11 is 0. The summed E-state index contributed by atoms with van der Waals surface area (Å²) in [5, 5.41) is 15.9. The highest BCUT2D eigenvalue weighted by atomic mass is 19.4. The molecule has 1 amide bonds. The number of anilines is 1. The van der Waals surface area contributed by atoms with E-state index in [2.05, 4.69) is 10.5 Å². The molecule has 1 aliphatic heterocycles. The molecule has 0 atom stereocenters. The number of piperidine rings is 1. The first kappa shape index (κ1) is 21.2. The maximum absolute atomic E-state index is 12.9. The summed E-state index contributed by atoms with van der Waals surface area (Å²) in [5.74, 6) is 0.449. The fraction of sp³-hybridized carbons (Fsp3) is 0.500. The number of aryl methyl sites for hydroxylation is 1. The van der Waals surface area contributed by atoms with E-state index in [0.717, 1.165) is 11.8 Å². The standard InChI is InChI=1S/C20H24F3N3O3/c1-13-11-15(3-4-16(13)20(21,22)23)19(28)26-8-5-14(6-9-26)17-12-18(29-25-17)24-7-2-10-27/h3-4,11-12,14,24,27H,2,5-10H2,1H3. The lowest BCUT2D eigenvalue weighted by atomic mass is 9.93. The van der Waals surface area contributed by atoms with E-state index in [9.17, 15) is 18.0 Å². The van der Waals surface area contributed by atoms with Crippen molar-refractivity contribution in [3.63, 3.8) is 0 Å². The Kier molecular flexibility index (Phi) is 6.46. The summed E-state index contributed by atoms with van der Waals surface area (Å²) in [6, 6.07) is 5.35. The van der Waals surface area contributed by atoms with E-state index < -0.39 is 11.7 Å². The van der Waals surface area contributed by atoms with Crippen LogP contribution in [0.1, 0.15) is 52.4 Å². The zero-order valence-corrected chi connectivity index (χ0v) is 16.1. The van der Waals surface area contributed by atoms with E-state index in [1.165, 1.54) is 19.1 Å². The van der Waals surface area contributed by atoms with Crippen LogP contribution in [0.3, 0.4) is 0 Å². The number of hydrogen-bond acceptors (Lipinski definition) is 5. The van der Waals surface area contributed by atoms with Crippen LogP contribution < -0.4 is 5.32 Å². The Bertz CT molecular complexity index is 843. The molecule has 0 radical (unpaired) electrons. The zero-order chi connectivity index (χ0) is 21.0. The molecule has 0 aliphatic carbocycles. The third-order valence-electron chi connectivity index (χ3n) is 5.14. The smallest absolute Gasteiger partial charge is 0.396 e. The summed E-state index contributed by atoms with van der Waals surface area (Å²) in [4.78, 5) is 14.4. The molecule has 9 heteroatoms. The van der Waals surface area contributed by atoms with E-state index >= 15 is 0 Å². The Morgan fingerprint density at radius 3 is 2.66 bits per heavy atom. The number of hydrogen-bond donors (Lipinski definition) is 2. The van der Waals surface area contributed by atoms with Gasteiger partial charge in [-0.15, -0.1) is 0 Å². The fourth-order valence-electron chi connectivity index (χ4n) is 3.53. The van der Waals surface area contributed by atoms with Gasteiger partial charge in [-0.2, -0.15) is 13.2 Å². The Morgan fingerprint density at radius 1 is 1.31 bits per heavy atom. The van der Waals surface area contributed by atoms with E-state index in [1.807, 2.05) is 6.07 Å². The number of carbonyl (C=O) groups excluding carboxylic acids is 1. The second-order valence-electron chi connectivity index (χ2n) is 7.21. The number of nitrogens with one attached hydrogen (secondary N) is 1. The topological polar surface area (TPSA) is 78.6 Å². The quantitative estimate of drug-likeness (QED) is 0.707. The van der Waals surface area contributed by atoms with Crippen molar-refractivity contribution < 1.29 is 27.6 Å². The lowest BCUT2D eigenvalue weighted by Gasteiger charge is -2.31. The number of aliphatic hydroxyl groups is 1. The molecule has 6 nitrogen and oxygen atoms in total. The minimum absolute atomic E-state index is 0.0436. The number of rotatable bonds is 6. The summed E-state index contributed by atoms with van der Waals surface area (Å²) in [5.41, 5.74) is 0.406. The lowest BCUT2D eigenvalue weighted by molar-refractivity contribution is -0.138. The highest BCUT2D eigenvalue weighted by Gasteiger charge is 2.33. The average Bonchev–Trinajstić information content (AvgIpc) is 3.15. The number of amides is 1. The molecule has 158 valence electrons. The number of alkyl halides is 3. The van der Waals surface area contributed by atoms with Crippen LogP contribution in [0.4, 0.5) is 19.1 Å². The van der Waals surface area contributed by atoms with Crippen LogP contribution in [0, 0.1) is 6.92 Å². The highest BCUT2D eigenvalue weighted by molar-refractivity contribution is 5.94. The van der Waals surface area contributed by atoms with Crippen LogP contribution in [-0.4, -0.2) is 47.3 Å². The molecule has 1 aromatic heterocycles. The monoisotopic (exact) mass is 411 g/mol. The molecule has 0 unspecified atom stereocenters. The zero-order valence-electron chi connectivity index (χ0n) is 16.1. The molecule has 1 aromatic carbocycles. The maximum atomic E-state index is 12.9. The van der Waals surface area contributed by atoms with Gasteiger partial charge in [-0.3, -0.25) is 4.79 Å². The summed E-state index contributed by atoms with van der Waals surface area (Å²) in [6.07, 6.45) is -2.41. The van der Waals surface area contributed by atoms with Gasteiger partial charge in [0.2, 0.25) is 5.88 Å². The van der Waals surface area contributed by atoms with Crippen molar-refractivity contribution in [1.82, 2.24) is 10.1 Å². The van der Waals surface area contributed by atoms with Crippen LogP contribution in [0.25, 0.3) is 0 Å². The number of likely N-dealkylation sites (tertiary alicyclic amines) is 1. The largest absolute Gasteiger partial charge is 0.416 e. The van der Waals surface area contributed by atoms with Crippen molar-refractivity contribution >= 4 is 11.8 Å². The molecule has 3 rings (SSSR count). The van der Waals surface area contributed by atoms with Crippen molar-refractivity contribution in [2.45, 2.75) is 38.3 Å². The van der Waals surface area contributed by atoms with Gasteiger partial charge in [0.1, 0.15) is 0 Å². The lowest BCUT2D eigenvalue weighted by Crippen LogP contribution is -2.38. The summed E-state index contributed by atoms with van der Waals surface area (Å²) in [7, 11) is 0. The fourth-order valence-corrected chi connectivity index (χ4v) is 3.53. The van der Waals surface area contributed by atoms with E-state index in [0.29, 0.717) is 44.8 Å². The van der Waals surface area contributed by atoms with Gasteiger partial charge in [0.25, 0.3) is 5.91 Å². The molecular formula is C20H24F3N3O3. The van der Waals surface area contributed by atoms with Crippen molar-refractivity contribution in [3.05, 3.63) is 46.6 Å². The third kappa shape index (κ3) is 5.09. The predicted octanol–water partition coefficient (Wildman–Crippen LogP) is 3.82. The van der Waals surface area contributed by atoms with Gasteiger partial charge in [0.15, 0.2) is 0 Å². The average molecular weight is 411 g/mol. The molecule has 0 spiro atoms. The third-order valence-corrected chi connectivity index (χ3v) is 5.14. The normalized spacial score (nSPS) is 15.6. The number of carbonyl (C=O) groups is 1. The molecule has 0 bridgehead atoms. The molecule has 1 aliphatic rings. The number of nitrogens with zero attached hydrogens (tertiary/aromatic N) is 2. The molecule has 0 saturated carbocycles. The van der Waals surface area contributed by atoms with Gasteiger partial charge in [-0.05, 0) is 49.9 Å². The van der Waals surface area contributed by atoms with Crippen LogP contribution in [-0.2, 0) is 6.18 Å². The van der Waals surface area contributed by atoms with Crippen LogP contribution in [0.2, 0.25) is 0 Å². The second-order valence-corrected chi connectivity index (χ2v) is 7.21. The maximum Gasteiger partial charge on any atom is 0.416 e. The SMILES string of the molecule is Cc1cc(C(=O)N2CCC(c3cc(NCCCO)on3)CC2)ccc1C(F)(F)F. The van der Waals surface area contributed by atoms with Crippen molar-refractivity contribution in [3.8, 4) is 0 Å². The molecular weight excluding hydrogens is 387 g/mol. The Balaban J connectivity index is 1.58. The minimum atomic E-state index is -4.42. The first-order valence-corrected chi connectivity index (χ1v) is 9.58. The first-order valence-electron chi connectivity index (χ1n) is 9.58. The van der Waals surface area contributed by atoms with Crippen LogP contribution >= 0.6 is 0 Å². The van der Waals surface area contributed by atoms with Gasteiger partial charge < -0.3 is 19.8 Å². The molecule has 2 aromatic rings. The molecule has 29 heavy (non-hydrogen) atoms. The minimum Gasteiger partial charge on any atom is -0.396 e. The molecule has 1 saturated heterocycles. The molecule has 2 heterocycles. The number of halogens is 3. The van der Waals surface area contributed by atoms with E-state index in [-0.39, 0.29) is 29.6 Å². The first-order chi connectivity index (χ1) is 13.8. The number of benzene rings is 1. The van der Waals surface area contributed by atoms with Crippen LogP contribution in [0.15, 0.2) is 28.8 Å². The van der Waals surface area contributed by atoms with Gasteiger partial charge in [-0.1, -0.05) is 5.16 Å². The van der Waals surface area contributed by atoms with Gasteiger partial charge in [0.05, 0.1) is 11.3 Å². The molecule has 2 N–H and O–H groups in total. The highest BCUT2D eigenvalue weighted by Crippen LogP contribution is 2.33. The van der Waals surface area contributed by atoms with E-state index in [1.54, 1.807) is 4.90 Å². The Labute approximate surface area is 166 Å². The Morgan fingerprint density at radius 2 is 2.03 bits per heavy atom. The van der Waals surface area contributed by atoms with E-state index in [4.69, 9.17) is 9.63 Å². The predicted molar refractivity (Wildman–Crippen MR) is 101 cm³/mol. The van der Waals surface area contributed by atoms with Crippen LogP contribution in [0.5, 0.6) is 0 Å².